The number of furan rings is 1. The first-order valence-corrected chi connectivity index (χ1v) is 5.28. The molecule has 2 rings (SSSR count). The van der Waals surface area contributed by atoms with E-state index in [0.717, 1.165) is 8.02 Å². The third kappa shape index (κ3) is 1.62. The van der Waals surface area contributed by atoms with Crippen LogP contribution >= 0.6 is 45.5 Å². The Kier molecular flexibility index (Phi) is 2.33. The van der Waals surface area contributed by atoms with Gasteiger partial charge in [-0.25, -0.2) is 0 Å². The molecular weight excluding hydrogens is 311 g/mol. The SMILES string of the molecule is Clc1ccc(-c2nnc(I)s2)o1. The minimum Gasteiger partial charge on any atom is -0.442 e. The Hall–Kier alpha value is -0.140. The Balaban J connectivity index is 2.43. The monoisotopic (exact) mass is 312 g/mol. The highest BCUT2D eigenvalue weighted by atomic mass is 127. The van der Waals surface area contributed by atoms with Crippen LogP contribution in [-0.2, 0) is 0 Å². The van der Waals surface area contributed by atoms with Gasteiger partial charge in [0.05, 0.1) is 0 Å². The number of halogens is 2. The molecule has 0 unspecified atom stereocenters. The molecular formula is C6H2ClIN2OS. The Bertz CT molecular complexity index is 361. The summed E-state index contributed by atoms with van der Waals surface area (Å²) in [7, 11) is 0. The minimum absolute atomic E-state index is 0.371. The highest BCUT2D eigenvalue weighted by molar-refractivity contribution is 14.1. The van der Waals surface area contributed by atoms with Gasteiger partial charge in [0.1, 0.15) is 0 Å². The quantitative estimate of drug-likeness (QED) is 0.760. The van der Waals surface area contributed by atoms with Crippen molar-refractivity contribution in [3.63, 3.8) is 0 Å². The summed E-state index contributed by atoms with van der Waals surface area (Å²) in [5.41, 5.74) is 0. The summed E-state index contributed by atoms with van der Waals surface area (Å²) >= 11 is 9.18. The van der Waals surface area contributed by atoms with Crippen LogP contribution in [0.4, 0.5) is 0 Å². The fourth-order valence-corrected chi connectivity index (χ4v) is 2.15. The summed E-state index contributed by atoms with van der Waals surface area (Å²) in [5, 5.41) is 8.89. The summed E-state index contributed by atoms with van der Waals surface area (Å²) in [5.74, 6) is 0.667. The number of nitrogens with zero attached hydrogens (tertiary/aromatic N) is 2. The summed E-state index contributed by atoms with van der Waals surface area (Å²) in [4.78, 5) is 0. The van der Waals surface area contributed by atoms with Gasteiger partial charge in [0, 0.05) is 0 Å². The molecule has 2 heterocycles. The van der Waals surface area contributed by atoms with Crippen LogP contribution in [0.2, 0.25) is 5.22 Å². The topological polar surface area (TPSA) is 38.9 Å². The molecule has 0 aliphatic heterocycles. The minimum atomic E-state index is 0.371. The molecule has 0 amide bonds. The first-order chi connectivity index (χ1) is 5.75. The number of rotatable bonds is 1. The van der Waals surface area contributed by atoms with Gasteiger partial charge in [-0.1, -0.05) is 11.3 Å². The van der Waals surface area contributed by atoms with E-state index in [9.17, 15) is 0 Å². The lowest BCUT2D eigenvalue weighted by Crippen LogP contribution is -1.71. The number of hydrogen-bond acceptors (Lipinski definition) is 4. The van der Waals surface area contributed by atoms with Crippen LogP contribution in [0.15, 0.2) is 16.5 Å². The first kappa shape index (κ1) is 8.46. The fourth-order valence-electron chi connectivity index (χ4n) is 0.734. The Morgan fingerprint density at radius 3 is 2.75 bits per heavy atom. The highest BCUT2D eigenvalue weighted by Crippen LogP contribution is 2.27. The normalized spacial score (nSPS) is 10.5. The molecule has 0 fully saturated rings. The average Bonchev–Trinajstić information content (AvgIpc) is 2.58. The van der Waals surface area contributed by atoms with E-state index in [-0.39, 0.29) is 0 Å². The zero-order chi connectivity index (χ0) is 8.55. The molecule has 0 aliphatic rings. The van der Waals surface area contributed by atoms with Crippen LogP contribution in [-0.4, -0.2) is 10.2 Å². The van der Waals surface area contributed by atoms with Gasteiger partial charge in [0.2, 0.25) is 0 Å². The second kappa shape index (κ2) is 3.31. The smallest absolute Gasteiger partial charge is 0.194 e. The van der Waals surface area contributed by atoms with Crippen molar-refractivity contribution in [2.24, 2.45) is 0 Å². The summed E-state index contributed by atoms with van der Waals surface area (Å²) in [6.07, 6.45) is 0. The molecule has 3 nitrogen and oxygen atoms in total. The molecule has 6 heteroatoms. The van der Waals surface area contributed by atoms with Crippen molar-refractivity contribution in [3.8, 4) is 10.8 Å². The molecule has 0 spiro atoms. The Morgan fingerprint density at radius 2 is 2.25 bits per heavy atom. The predicted octanol–water partition coefficient (Wildman–Crippen LogP) is 3.06. The Morgan fingerprint density at radius 1 is 1.42 bits per heavy atom. The standard InChI is InChI=1S/C6H2ClIN2OS/c7-4-2-1-3(11-4)5-9-10-6(8)12-5/h1-2H. The van der Waals surface area contributed by atoms with Crippen molar-refractivity contribution >= 4 is 45.5 Å². The van der Waals surface area contributed by atoms with E-state index in [4.69, 9.17) is 16.0 Å². The van der Waals surface area contributed by atoms with Gasteiger partial charge in [-0.15, -0.1) is 10.2 Å². The molecule has 0 aliphatic carbocycles. The van der Waals surface area contributed by atoms with E-state index < -0.39 is 0 Å². The van der Waals surface area contributed by atoms with Gasteiger partial charge in [0.15, 0.2) is 19.0 Å². The third-order valence-corrected chi connectivity index (χ3v) is 2.99. The van der Waals surface area contributed by atoms with Gasteiger partial charge in [-0.2, -0.15) is 0 Å². The Labute approximate surface area is 90.9 Å². The number of aromatic nitrogens is 2. The molecule has 0 saturated heterocycles. The zero-order valence-corrected chi connectivity index (χ0v) is 9.35. The molecule has 62 valence electrons. The molecule has 0 bridgehead atoms. The van der Waals surface area contributed by atoms with Gasteiger partial charge >= 0.3 is 0 Å². The maximum atomic E-state index is 5.61. The largest absolute Gasteiger partial charge is 0.442 e. The van der Waals surface area contributed by atoms with Gasteiger partial charge in [0.25, 0.3) is 0 Å². The number of hydrogen-bond donors (Lipinski definition) is 0. The summed E-state index contributed by atoms with van der Waals surface area (Å²) < 4.78 is 6.04. The van der Waals surface area contributed by atoms with Gasteiger partial charge in [-0.05, 0) is 46.3 Å². The van der Waals surface area contributed by atoms with Crippen LogP contribution in [0.25, 0.3) is 10.8 Å². The molecule has 0 atom stereocenters. The lowest BCUT2D eigenvalue weighted by Gasteiger charge is -1.83. The maximum absolute atomic E-state index is 5.61. The predicted molar refractivity (Wildman–Crippen MR) is 55.3 cm³/mol. The van der Waals surface area contributed by atoms with Crippen molar-refractivity contribution in [2.75, 3.05) is 0 Å². The van der Waals surface area contributed by atoms with E-state index in [1.54, 1.807) is 12.1 Å². The van der Waals surface area contributed by atoms with Crippen molar-refractivity contribution < 1.29 is 4.42 Å². The summed E-state index contributed by atoms with van der Waals surface area (Å²) in [6, 6.07) is 3.46. The summed E-state index contributed by atoms with van der Waals surface area (Å²) in [6.45, 7) is 0. The average molecular weight is 313 g/mol. The third-order valence-electron chi connectivity index (χ3n) is 1.18. The van der Waals surface area contributed by atoms with Crippen LogP contribution in [0.3, 0.4) is 0 Å². The molecule has 0 aromatic carbocycles. The van der Waals surface area contributed by atoms with Crippen LogP contribution < -0.4 is 0 Å². The van der Waals surface area contributed by atoms with E-state index in [1.807, 2.05) is 0 Å². The van der Waals surface area contributed by atoms with E-state index in [2.05, 4.69) is 32.8 Å². The van der Waals surface area contributed by atoms with Crippen molar-refractivity contribution in [2.45, 2.75) is 0 Å². The van der Waals surface area contributed by atoms with Crippen LogP contribution in [0, 0.1) is 3.01 Å². The van der Waals surface area contributed by atoms with Crippen molar-refractivity contribution in [3.05, 3.63) is 20.4 Å². The molecule has 0 saturated carbocycles. The van der Waals surface area contributed by atoms with E-state index >= 15 is 0 Å². The van der Waals surface area contributed by atoms with Crippen molar-refractivity contribution in [1.29, 1.82) is 0 Å². The molecule has 0 radical (unpaired) electrons. The molecule has 2 aromatic rings. The van der Waals surface area contributed by atoms with Gasteiger partial charge in [-0.3, -0.25) is 0 Å². The lowest BCUT2D eigenvalue weighted by atomic mass is 10.5. The van der Waals surface area contributed by atoms with Crippen LogP contribution in [0.1, 0.15) is 0 Å². The maximum Gasteiger partial charge on any atom is 0.194 e. The van der Waals surface area contributed by atoms with Crippen molar-refractivity contribution in [1.82, 2.24) is 10.2 Å². The van der Waals surface area contributed by atoms with E-state index in [1.165, 1.54) is 11.3 Å². The fraction of sp³-hybridized carbons (Fsp3) is 0. The molecule has 12 heavy (non-hydrogen) atoms. The first-order valence-electron chi connectivity index (χ1n) is 3.00. The zero-order valence-electron chi connectivity index (χ0n) is 5.62. The second-order valence-corrected chi connectivity index (χ2v) is 5.07. The van der Waals surface area contributed by atoms with Gasteiger partial charge < -0.3 is 4.42 Å². The van der Waals surface area contributed by atoms with Crippen LogP contribution in [0.5, 0.6) is 0 Å². The lowest BCUT2D eigenvalue weighted by molar-refractivity contribution is 0.583. The molecule has 0 N–H and O–H groups in total. The molecule has 2 aromatic heterocycles. The highest BCUT2D eigenvalue weighted by Gasteiger charge is 2.08. The van der Waals surface area contributed by atoms with E-state index in [0.29, 0.717) is 11.0 Å². The second-order valence-electron chi connectivity index (χ2n) is 1.96.